The van der Waals surface area contributed by atoms with Crippen LogP contribution < -0.4 is 10.9 Å². The number of hydrazine groups is 1. The first-order chi connectivity index (χ1) is 15.1. The SMILES string of the molecule is C=C(C)/C=C(\NNC)c1ccnc(-c2cn(C(C)Cc3ccccc3)[nH]2)c1.CC.CC.[HH]. The molecule has 0 fully saturated rings. The van der Waals surface area contributed by atoms with Crippen LogP contribution >= 0.6 is 0 Å². The third-order valence-corrected chi connectivity index (χ3v) is 4.36. The molecule has 0 saturated carbocycles. The lowest BCUT2D eigenvalue weighted by Gasteiger charge is -2.22. The first-order valence-electron chi connectivity index (χ1n) is 11.1. The average Bonchev–Trinajstić information content (AvgIpc) is 2.76. The smallest absolute Gasteiger partial charge is 0.0977 e. The quantitative estimate of drug-likeness (QED) is 0.282. The summed E-state index contributed by atoms with van der Waals surface area (Å²) in [6, 6.07) is 15.0. The maximum absolute atomic E-state index is 4.51. The van der Waals surface area contributed by atoms with E-state index in [1.807, 2.05) is 66.1 Å². The number of allylic oxidation sites excluding steroid dienone is 2. The van der Waals surface area contributed by atoms with Crippen molar-refractivity contribution in [2.24, 2.45) is 0 Å². The predicted octanol–water partition coefficient (Wildman–Crippen LogP) is 6.62. The Hall–Kier alpha value is -3.05. The summed E-state index contributed by atoms with van der Waals surface area (Å²) in [5.41, 5.74) is 12.4. The zero-order chi connectivity index (χ0) is 23.2. The number of rotatable bonds is 8. The second kappa shape index (κ2) is 14.0. The topological polar surface area (TPSA) is 57.7 Å². The summed E-state index contributed by atoms with van der Waals surface area (Å²) in [6.45, 7) is 16.1. The van der Waals surface area contributed by atoms with E-state index in [0.29, 0.717) is 6.04 Å². The van der Waals surface area contributed by atoms with Crippen molar-refractivity contribution >= 4 is 5.70 Å². The van der Waals surface area contributed by atoms with Gasteiger partial charge in [0, 0.05) is 26.4 Å². The molecule has 5 heteroatoms. The van der Waals surface area contributed by atoms with Crippen LogP contribution in [-0.2, 0) is 6.42 Å². The maximum atomic E-state index is 4.51. The van der Waals surface area contributed by atoms with Gasteiger partial charge in [0.05, 0.1) is 23.1 Å². The van der Waals surface area contributed by atoms with Crippen molar-refractivity contribution in [3.8, 4) is 11.4 Å². The molecule has 31 heavy (non-hydrogen) atoms. The second-order valence-electron chi connectivity index (χ2n) is 6.81. The molecule has 2 aromatic heterocycles. The van der Waals surface area contributed by atoms with Gasteiger partial charge >= 0.3 is 0 Å². The standard InChI is InChI=1S/C22H27N5.2C2H6.H2/c1-16(2)12-20(25-23-4)19-10-11-24-21(14-19)22-15-27(26-22)17(3)13-18-8-6-5-7-9-18;2*1-2;/h5-12,14-15,17,23,25-26H,1,13H2,2-4H3;2*1-2H3;1H/b20-12-;;;. The molecule has 0 saturated heterocycles. The molecule has 1 aromatic carbocycles. The van der Waals surface area contributed by atoms with Crippen molar-refractivity contribution in [3.05, 3.63) is 84.2 Å². The number of nitrogens with zero attached hydrogens (tertiary/aromatic N) is 2. The minimum absolute atomic E-state index is 0. The normalized spacial score (nSPS) is 11.5. The highest BCUT2D eigenvalue weighted by Crippen LogP contribution is 2.23. The Balaban J connectivity index is 0.00000182. The van der Waals surface area contributed by atoms with Gasteiger partial charge in [0.15, 0.2) is 0 Å². The highest BCUT2D eigenvalue weighted by atomic mass is 15.3. The number of H-pyrrole nitrogens is 1. The lowest BCUT2D eigenvalue weighted by molar-refractivity contribution is 0.460. The van der Waals surface area contributed by atoms with Crippen molar-refractivity contribution in [1.29, 1.82) is 0 Å². The van der Waals surface area contributed by atoms with Gasteiger partial charge in [-0.1, -0.05) is 70.2 Å². The predicted molar refractivity (Wildman–Crippen MR) is 137 cm³/mol. The summed E-state index contributed by atoms with van der Waals surface area (Å²) in [6.07, 6.45) is 6.94. The van der Waals surface area contributed by atoms with Gasteiger partial charge < -0.3 is 5.43 Å². The number of hydrogen-bond acceptors (Lipinski definition) is 3. The number of nitrogens with one attached hydrogen (secondary N) is 3. The van der Waals surface area contributed by atoms with E-state index in [1.54, 1.807) is 0 Å². The molecule has 0 aliphatic heterocycles. The van der Waals surface area contributed by atoms with Crippen molar-refractivity contribution in [2.75, 3.05) is 7.05 Å². The lowest BCUT2D eigenvalue weighted by atomic mass is 10.1. The molecule has 1 atom stereocenters. The highest BCUT2D eigenvalue weighted by Gasteiger charge is 2.13. The molecule has 3 rings (SSSR count). The molecule has 170 valence electrons. The van der Waals surface area contributed by atoms with E-state index in [0.717, 1.165) is 34.6 Å². The molecule has 1 unspecified atom stereocenters. The summed E-state index contributed by atoms with van der Waals surface area (Å²) in [5.74, 6) is 0. The number of aromatic nitrogens is 3. The minimum Gasteiger partial charge on any atom is -0.321 e. The van der Waals surface area contributed by atoms with E-state index in [9.17, 15) is 0 Å². The molecule has 0 aliphatic carbocycles. The molecule has 5 nitrogen and oxygen atoms in total. The van der Waals surface area contributed by atoms with Gasteiger partial charge in [-0.05, 0) is 44.0 Å². The van der Waals surface area contributed by atoms with Gasteiger partial charge in [-0.3, -0.25) is 14.8 Å². The molecular formula is C26H41N5. The molecular weight excluding hydrogens is 382 g/mol. The largest absolute Gasteiger partial charge is 0.321 e. The van der Waals surface area contributed by atoms with E-state index in [-0.39, 0.29) is 1.43 Å². The molecule has 0 amide bonds. The minimum atomic E-state index is 0. The van der Waals surface area contributed by atoms with Gasteiger partial charge in [-0.15, -0.1) is 0 Å². The molecule has 3 aromatic rings. The molecule has 3 N–H and O–H groups in total. The lowest BCUT2D eigenvalue weighted by Crippen LogP contribution is -2.26. The highest BCUT2D eigenvalue weighted by molar-refractivity contribution is 5.69. The van der Waals surface area contributed by atoms with Gasteiger partial charge in [0.25, 0.3) is 0 Å². The summed E-state index contributed by atoms with van der Waals surface area (Å²) >= 11 is 0. The first-order valence-corrected chi connectivity index (χ1v) is 11.1. The molecule has 0 spiro atoms. The van der Waals surface area contributed by atoms with E-state index in [2.05, 4.69) is 75.6 Å². The molecule has 0 radical (unpaired) electrons. The van der Waals surface area contributed by atoms with Crippen molar-refractivity contribution in [2.45, 2.75) is 54.0 Å². The summed E-state index contributed by atoms with van der Waals surface area (Å²) in [7, 11) is 1.84. The van der Waals surface area contributed by atoms with Crippen LogP contribution in [0, 0.1) is 0 Å². The number of pyridine rings is 1. The zero-order valence-electron chi connectivity index (χ0n) is 20.2. The van der Waals surface area contributed by atoms with Crippen LogP contribution in [-0.4, -0.2) is 21.8 Å². The number of aromatic amines is 1. The van der Waals surface area contributed by atoms with Crippen LogP contribution in [0.4, 0.5) is 0 Å². The molecule has 0 aliphatic rings. The van der Waals surface area contributed by atoms with E-state index in [1.165, 1.54) is 5.56 Å². The van der Waals surface area contributed by atoms with Crippen LogP contribution in [0.1, 0.15) is 60.1 Å². The molecule has 0 bridgehead atoms. The van der Waals surface area contributed by atoms with Gasteiger partial charge in [0.2, 0.25) is 0 Å². The van der Waals surface area contributed by atoms with E-state index < -0.39 is 0 Å². The fourth-order valence-electron chi connectivity index (χ4n) is 3.01. The Bertz CT molecular complexity index is 913. The fourth-order valence-corrected chi connectivity index (χ4v) is 3.01. The van der Waals surface area contributed by atoms with Crippen LogP contribution in [0.2, 0.25) is 0 Å². The van der Waals surface area contributed by atoms with Crippen molar-refractivity contribution in [1.82, 2.24) is 25.6 Å². The Labute approximate surface area is 189 Å². The summed E-state index contributed by atoms with van der Waals surface area (Å²) in [5, 5.41) is 3.41. The summed E-state index contributed by atoms with van der Waals surface area (Å²) < 4.78 is 2.13. The van der Waals surface area contributed by atoms with E-state index >= 15 is 0 Å². The Morgan fingerprint density at radius 1 is 1.19 bits per heavy atom. The zero-order valence-corrected chi connectivity index (χ0v) is 20.2. The Morgan fingerprint density at radius 2 is 1.84 bits per heavy atom. The Morgan fingerprint density at radius 3 is 2.42 bits per heavy atom. The van der Waals surface area contributed by atoms with Gasteiger partial charge in [-0.25, -0.2) is 5.43 Å². The fraction of sp³-hybridized carbons (Fsp3) is 0.346. The van der Waals surface area contributed by atoms with Crippen molar-refractivity contribution < 1.29 is 1.43 Å². The van der Waals surface area contributed by atoms with Crippen LogP contribution in [0.25, 0.3) is 17.1 Å². The van der Waals surface area contributed by atoms with E-state index in [4.69, 9.17) is 0 Å². The van der Waals surface area contributed by atoms with Crippen LogP contribution in [0.15, 0.2) is 73.1 Å². The third-order valence-electron chi connectivity index (χ3n) is 4.36. The molecule has 2 heterocycles. The monoisotopic (exact) mass is 423 g/mol. The maximum Gasteiger partial charge on any atom is 0.0977 e. The van der Waals surface area contributed by atoms with Gasteiger partial charge in [-0.2, -0.15) is 0 Å². The average molecular weight is 424 g/mol. The first kappa shape index (κ1) is 26.0. The van der Waals surface area contributed by atoms with Gasteiger partial charge in [0.1, 0.15) is 0 Å². The number of benzene rings is 1. The third kappa shape index (κ3) is 7.95. The van der Waals surface area contributed by atoms with Crippen LogP contribution in [0.5, 0.6) is 0 Å². The second-order valence-corrected chi connectivity index (χ2v) is 6.81. The summed E-state index contributed by atoms with van der Waals surface area (Å²) in [4.78, 5) is 4.51. The van der Waals surface area contributed by atoms with Crippen LogP contribution in [0.3, 0.4) is 0 Å². The Kier molecular flexibility index (Phi) is 11.8. The number of hydrogen-bond donors (Lipinski definition) is 3. The van der Waals surface area contributed by atoms with Crippen molar-refractivity contribution in [3.63, 3.8) is 0 Å².